The van der Waals surface area contributed by atoms with Gasteiger partial charge in [0.25, 0.3) is 0 Å². The Hall–Kier alpha value is 0.1000. The second-order valence-corrected chi connectivity index (χ2v) is 5.81. The van der Waals surface area contributed by atoms with Crippen LogP contribution in [0.2, 0.25) is 0 Å². The molecule has 2 rings (SSSR count). The lowest BCUT2D eigenvalue weighted by Gasteiger charge is -2.19. The summed E-state index contributed by atoms with van der Waals surface area (Å²) in [4.78, 5) is 3.70. The summed E-state index contributed by atoms with van der Waals surface area (Å²) in [5, 5.41) is 11.6. The molecule has 78 valence electrons. The Morgan fingerprint density at radius 3 is 3.00 bits per heavy atom. The van der Waals surface area contributed by atoms with Gasteiger partial charge in [-0.1, -0.05) is 0 Å². The number of aliphatic hydroxyl groups excluding tert-OH is 1. The summed E-state index contributed by atoms with van der Waals surface area (Å²) in [7, 11) is 0. The molecule has 0 aromatic carbocycles. The summed E-state index contributed by atoms with van der Waals surface area (Å²) in [6.07, 6.45) is 0.778. The molecule has 2 nitrogen and oxygen atoms in total. The number of aliphatic hydroxyl groups is 1. The lowest BCUT2D eigenvalue weighted by Crippen LogP contribution is -2.26. The normalized spacial score (nSPS) is 28.5. The zero-order valence-corrected chi connectivity index (χ0v) is 10.5. The van der Waals surface area contributed by atoms with Gasteiger partial charge in [-0.2, -0.15) is 0 Å². The summed E-state index contributed by atoms with van der Waals surface area (Å²) in [6, 6.07) is 2.66. The number of thiophene rings is 1. The van der Waals surface area contributed by atoms with Crippen molar-refractivity contribution in [3.8, 4) is 0 Å². The molecule has 0 saturated carbocycles. The number of β-amino-alcohol motifs (C(OH)–C–C–N with tert-alkyl or cyclic N) is 1. The third-order valence-corrected chi connectivity index (χ3v) is 4.34. The summed E-state index contributed by atoms with van der Waals surface area (Å²) in [5.41, 5.74) is 0. The van der Waals surface area contributed by atoms with Crippen molar-refractivity contribution < 1.29 is 5.11 Å². The molecule has 14 heavy (non-hydrogen) atoms. The van der Waals surface area contributed by atoms with Crippen molar-refractivity contribution in [1.82, 2.24) is 4.90 Å². The maximum Gasteiger partial charge on any atom is 0.0682 e. The van der Waals surface area contributed by atoms with Crippen LogP contribution in [0.25, 0.3) is 0 Å². The minimum Gasteiger partial charge on any atom is -0.392 e. The molecule has 2 heterocycles. The smallest absolute Gasteiger partial charge is 0.0682 e. The van der Waals surface area contributed by atoms with Gasteiger partial charge < -0.3 is 5.11 Å². The first-order valence-corrected chi connectivity index (χ1v) is 6.47. The number of halogens is 1. The van der Waals surface area contributed by atoms with E-state index in [2.05, 4.69) is 39.2 Å². The first-order chi connectivity index (χ1) is 6.65. The molecule has 1 saturated heterocycles. The molecule has 2 atom stereocenters. The van der Waals surface area contributed by atoms with Crippen LogP contribution in [-0.2, 0) is 6.54 Å². The fourth-order valence-electron chi connectivity index (χ4n) is 1.93. The highest BCUT2D eigenvalue weighted by Gasteiger charge is 2.27. The molecular weight excluding hydrogens is 262 g/mol. The quantitative estimate of drug-likeness (QED) is 0.897. The Balaban J connectivity index is 1.98. The summed E-state index contributed by atoms with van der Waals surface area (Å²) >= 11 is 5.22. The van der Waals surface area contributed by atoms with Crippen molar-refractivity contribution in [2.24, 2.45) is 0 Å². The molecule has 0 spiro atoms. The Kier molecular flexibility index (Phi) is 3.27. The van der Waals surface area contributed by atoms with Crippen LogP contribution < -0.4 is 0 Å². The van der Waals surface area contributed by atoms with Crippen LogP contribution in [0, 0.1) is 0 Å². The van der Waals surface area contributed by atoms with E-state index >= 15 is 0 Å². The van der Waals surface area contributed by atoms with E-state index in [1.54, 1.807) is 11.3 Å². The fourth-order valence-corrected chi connectivity index (χ4v) is 3.40. The third kappa shape index (κ3) is 2.37. The van der Waals surface area contributed by atoms with Crippen LogP contribution in [0.5, 0.6) is 0 Å². The van der Waals surface area contributed by atoms with E-state index in [1.165, 1.54) is 4.88 Å². The van der Waals surface area contributed by atoms with Gasteiger partial charge >= 0.3 is 0 Å². The molecule has 1 aromatic rings. The summed E-state index contributed by atoms with van der Waals surface area (Å²) in [5.74, 6) is 0. The Morgan fingerprint density at radius 1 is 1.71 bits per heavy atom. The number of nitrogens with zero attached hydrogens (tertiary/aromatic N) is 1. The predicted molar refractivity (Wildman–Crippen MR) is 62.5 cm³/mol. The molecule has 4 heteroatoms. The maximum absolute atomic E-state index is 9.51. The highest BCUT2D eigenvalue weighted by Crippen LogP contribution is 2.25. The maximum atomic E-state index is 9.51. The van der Waals surface area contributed by atoms with E-state index in [0.717, 1.165) is 24.0 Å². The zero-order chi connectivity index (χ0) is 10.1. The molecule has 1 aliphatic rings. The molecular formula is C10H14BrNOS. The van der Waals surface area contributed by atoms with Crippen LogP contribution in [-0.4, -0.2) is 28.7 Å². The third-order valence-electron chi connectivity index (χ3n) is 2.66. The van der Waals surface area contributed by atoms with E-state index in [1.807, 2.05) is 0 Å². The first kappa shape index (κ1) is 10.6. The van der Waals surface area contributed by atoms with Gasteiger partial charge in [0.1, 0.15) is 0 Å². The predicted octanol–water partition coefficient (Wildman–Crippen LogP) is 2.47. The van der Waals surface area contributed by atoms with Gasteiger partial charge in [-0.05, 0) is 35.3 Å². The van der Waals surface area contributed by atoms with Gasteiger partial charge in [0.15, 0.2) is 0 Å². The van der Waals surface area contributed by atoms with Gasteiger partial charge in [-0.15, -0.1) is 11.3 Å². The van der Waals surface area contributed by atoms with Crippen molar-refractivity contribution >= 4 is 27.3 Å². The molecule has 0 bridgehead atoms. The van der Waals surface area contributed by atoms with E-state index in [9.17, 15) is 5.11 Å². The van der Waals surface area contributed by atoms with Crippen LogP contribution >= 0.6 is 27.3 Å². The molecule has 1 aliphatic heterocycles. The lowest BCUT2D eigenvalue weighted by molar-refractivity contribution is 0.173. The van der Waals surface area contributed by atoms with Crippen LogP contribution in [0.15, 0.2) is 15.9 Å². The second-order valence-electron chi connectivity index (χ2n) is 3.90. The van der Waals surface area contributed by atoms with Crippen LogP contribution in [0.1, 0.15) is 18.2 Å². The van der Waals surface area contributed by atoms with Crippen molar-refractivity contribution in [3.05, 3.63) is 20.8 Å². The molecule has 1 N–H and O–H groups in total. The summed E-state index contributed by atoms with van der Waals surface area (Å²) in [6.45, 7) is 3.96. The number of hydrogen-bond donors (Lipinski definition) is 1. The molecule has 1 aromatic heterocycles. The topological polar surface area (TPSA) is 23.5 Å². The van der Waals surface area contributed by atoms with Crippen molar-refractivity contribution in [2.75, 3.05) is 6.54 Å². The van der Waals surface area contributed by atoms with E-state index in [-0.39, 0.29) is 6.10 Å². The van der Waals surface area contributed by atoms with Crippen LogP contribution in [0.3, 0.4) is 0 Å². The van der Waals surface area contributed by atoms with E-state index in [4.69, 9.17) is 0 Å². The fraction of sp³-hybridized carbons (Fsp3) is 0.600. The molecule has 1 fully saturated rings. The average Bonchev–Trinajstić information content (AvgIpc) is 2.61. The Bertz CT molecular complexity index is 315. The largest absolute Gasteiger partial charge is 0.392 e. The van der Waals surface area contributed by atoms with Crippen molar-refractivity contribution in [1.29, 1.82) is 0 Å². The van der Waals surface area contributed by atoms with Crippen molar-refractivity contribution in [2.45, 2.75) is 32.0 Å². The molecule has 2 unspecified atom stereocenters. The van der Waals surface area contributed by atoms with Gasteiger partial charge in [0.05, 0.1) is 6.10 Å². The van der Waals surface area contributed by atoms with Gasteiger partial charge in [-0.3, -0.25) is 4.90 Å². The zero-order valence-electron chi connectivity index (χ0n) is 8.11. The Morgan fingerprint density at radius 2 is 2.50 bits per heavy atom. The van der Waals surface area contributed by atoms with Gasteiger partial charge in [0, 0.05) is 33.9 Å². The van der Waals surface area contributed by atoms with E-state index < -0.39 is 0 Å². The van der Waals surface area contributed by atoms with Crippen molar-refractivity contribution in [3.63, 3.8) is 0 Å². The lowest BCUT2D eigenvalue weighted by atomic mass is 10.2. The monoisotopic (exact) mass is 275 g/mol. The van der Waals surface area contributed by atoms with Crippen LogP contribution in [0.4, 0.5) is 0 Å². The minimum atomic E-state index is -0.131. The second kappa shape index (κ2) is 4.31. The highest BCUT2D eigenvalue weighted by atomic mass is 79.9. The summed E-state index contributed by atoms with van der Waals surface area (Å²) < 4.78 is 1.16. The molecule has 0 amide bonds. The van der Waals surface area contributed by atoms with E-state index in [0.29, 0.717) is 6.04 Å². The minimum absolute atomic E-state index is 0.131. The SMILES string of the molecule is CC1CC(O)CN1Cc1cc(Br)cs1. The first-order valence-electron chi connectivity index (χ1n) is 4.80. The standard InChI is InChI=1S/C10H14BrNOS/c1-7-2-9(13)4-12(7)5-10-3-8(11)6-14-10/h3,6-7,9,13H,2,4-5H2,1H3. The number of rotatable bonds is 2. The number of likely N-dealkylation sites (tertiary alicyclic amines) is 1. The average molecular weight is 276 g/mol. The highest BCUT2D eigenvalue weighted by molar-refractivity contribution is 9.10. The van der Waals surface area contributed by atoms with Gasteiger partial charge in [0.2, 0.25) is 0 Å². The molecule has 0 aliphatic carbocycles. The molecule has 0 radical (unpaired) electrons. The Labute approximate surface area is 96.7 Å². The van der Waals surface area contributed by atoms with Gasteiger partial charge in [-0.25, -0.2) is 0 Å². The number of hydrogen-bond acceptors (Lipinski definition) is 3.